The van der Waals surface area contributed by atoms with Crippen molar-refractivity contribution in [3.05, 3.63) is 64.7 Å². The molecule has 3 nitrogen and oxygen atoms in total. The summed E-state index contributed by atoms with van der Waals surface area (Å²) >= 11 is 5.99. The molecule has 0 aliphatic heterocycles. The molecule has 0 atom stereocenters. The van der Waals surface area contributed by atoms with Gasteiger partial charge in [0.2, 0.25) is 0 Å². The molecule has 0 radical (unpaired) electrons. The monoisotopic (exact) mass is 310 g/mol. The fourth-order valence-corrected chi connectivity index (χ4v) is 2.00. The number of anilines is 1. The minimum atomic E-state index is -0.697. The van der Waals surface area contributed by atoms with Gasteiger partial charge in [0, 0.05) is 17.6 Å². The van der Waals surface area contributed by atoms with Gasteiger partial charge >= 0.3 is 6.03 Å². The Morgan fingerprint density at radius 3 is 2.67 bits per heavy atom. The van der Waals surface area contributed by atoms with Gasteiger partial charge in [0.25, 0.3) is 0 Å². The van der Waals surface area contributed by atoms with Crippen molar-refractivity contribution in [1.29, 1.82) is 0 Å². The number of carbonyl (C=O) groups is 1. The van der Waals surface area contributed by atoms with E-state index in [1.165, 1.54) is 0 Å². The van der Waals surface area contributed by atoms with Crippen LogP contribution in [0.1, 0.15) is 5.56 Å². The molecule has 0 fully saturated rings. The number of halogens is 3. The number of benzene rings is 2. The number of urea groups is 1. The summed E-state index contributed by atoms with van der Waals surface area (Å²) < 4.78 is 26.3. The van der Waals surface area contributed by atoms with E-state index in [0.29, 0.717) is 18.0 Å². The minimum Gasteiger partial charge on any atom is -0.338 e. The van der Waals surface area contributed by atoms with Crippen molar-refractivity contribution in [2.45, 2.75) is 6.42 Å². The van der Waals surface area contributed by atoms with Crippen LogP contribution in [0.2, 0.25) is 5.02 Å². The lowest BCUT2D eigenvalue weighted by Gasteiger charge is -2.09. The highest BCUT2D eigenvalue weighted by Crippen LogP contribution is 2.16. The fraction of sp³-hybridized carbons (Fsp3) is 0.133. The molecule has 0 heterocycles. The van der Waals surface area contributed by atoms with Crippen molar-refractivity contribution >= 4 is 23.3 Å². The fourth-order valence-electron chi connectivity index (χ4n) is 1.77. The first-order chi connectivity index (χ1) is 10.1. The smallest absolute Gasteiger partial charge is 0.319 e. The van der Waals surface area contributed by atoms with Crippen LogP contribution < -0.4 is 10.6 Å². The van der Waals surface area contributed by atoms with Crippen LogP contribution in [0.4, 0.5) is 19.3 Å². The molecule has 2 aromatic rings. The molecule has 21 heavy (non-hydrogen) atoms. The van der Waals surface area contributed by atoms with E-state index in [1.807, 2.05) is 18.2 Å². The van der Waals surface area contributed by atoms with Gasteiger partial charge < -0.3 is 10.6 Å². The average Bonchev–Trinajstić information content (AvgIpc) is 2.45. The Morgan fingerprint density at radius 1 is 1.14 bits per heavy atom. The Kier molecular flexibility index (Phi) is 5.11. The van der Waals surface area contributed by atoms with E-state index in [-0.39, 0.29) is 5.69 Å². The third-order valence-electron chi connectivity index (χ3n) is 2.81. The molecule has 0 saturated carbocycles. The summed E-state index contributed by atoms with van der Waals surface area (Å²) in [6.45, 7) is 0.326. The standard InChI is InChI=1S/C15H13ClF2N2O/c16-12-4-2-1-3-10(12)7-8-19-15(21)20-14-9-11(17)5-6-13(14)18/h1-6,9H,7-8H2,(H2,19,20,21). The van der Waals surface area contributed by atoms with Crippen molar-refractivity contribution in [3.63, 3.8) is 0 Å². The molecule has 0 saturated heterocycles. The van der Waals surface area contributed by atoms with Crippen molar-refractivity contribution in [3.8, 4) is 0 Å². The van der Waals surface area contributed by atoms with Crippen molar-refractivity contribution in [2.24, 2.45) is 0 Å². The third-order valence-corrected chi connectivity index (χ3v) is 3.18. The number of carbonyl (C=O) groups excluding carboxylic acids is 1. The van der Waals surface area contributed by atoms with E-state index >= 15 is 0 Å². The van der Waals surface area contributed by atoms with Gasteiger partial charge in [-0.25, -0.2) is 13.6 Å². The maximum absolute atomic E-state index is 13.3. The Morgan fingerprint density at radius 2 is 1.90 bits per heavy atom. The number of nitrogens with one attached hydrogen (secondary N) is 2. The van der Waals surface area contributed by atoms with Crippen molar-refractivity contribution in [2.75, 3.05) is 11.9 Å². The molecule has 2 N–H and O–H groups in total. The lowest BCUT2D eigenvalue weighted by Crippen LogP contribution is -2.30. The quantitative estimate of drug-likeness (QED) is 0.881. The van der Waals surface area contributed by atoms with Crippen molar-refractivity contribution < 1.29 is 13.6 Å². The van der Waals surface area contributed by atoms with E-state index in [4.69, 9.17) is 11.6 Å². The van der Waals surface area contributed by atoms with E-state index in [1.54, 1.807) is 6.07 Å². The molecule has 0 spiro atoms. The van der Waals surface area contributed by atoms with Gasteiger partial charge in [0.15, 0.2) is 0 Å². The van der Waals surface area contributed by atoms with Gasteiger partial charge in [0.05, 0.1) is 5.69 Å². The lowest BCUT2D eigenvalue weighted by molar-refractivity contribution is 0.252. The Bertz CT molecular complexity index is 649. The summed E-state index contributed by atoms with van der Waals surface area (Å²) in [5, 5.41) is 5.43. The minimum absolute atomic E-state index is 0.203. The number of hydrogen-bond donors (Lipinski definition) is 2. The van der Waals surface area contributed by atoms with Crippen LogP contribution in [0.5, 0.6) is 0 Å². The summed E-state index contributed by atoms with van der Waals surface area (Å²) in [5.74, 6) is -1.32. The zero-order valence-corrected chi connectivity index (χ0v) is 11.8. The first-order valence-electron chi connectivity index (χ1n) is 6.29. The number of hydrogen-bond acceptors (Lipinski definition) is 1. The summed E-state index contributed by atoms with van der Waals surface area (Å²) in [4.78, 5) is 11.6. The summed E-state index contributed by atoms with van der Waals surface area (Å²) in [5.41, 5.74) is 0.696. The SMILES string of the molecule is O=C(NCCc1ccccc1Cl)Nc1cc(F)ccc1F. The first kappa shape index (κ1) is 15.3. The molecule has 0 unspecified atom stereocenters. The molecular weight excluding hydrogens is 298 g/mol. The largest absolute Gasteiger partial charge is 0.338 e. The van der Waals surface area contributed by atoms with Gasteiger partial charge in [-0.2, -0.15) is 0 Å². The summed E-state index contributed by atoms with van der Waals surface area (Å²) in [6.07, 6.45) is 0.540. The van der Waals surface area contributed by atoms with Crippen LogP contribution in [0.15, 0.2) is 42.5 Å². The molecule has 0 bridgehead atoms. The molecule has 2 rings (SSSR count). The normalized spacial score (nSPS) is 10.2. The second-order valence-corrected chi connectivity index (χ2v) is 4.75. The zero-order valence-electron chi connectivity index (χ0n) is 11.0. The molecule has 6 heteroatoms. The van der Waals surface area contributed by atoms with E-state index in [0.717, 1.165) is 23.8 Å². The van der Waals surface area contributed by atoms with Gasteiger partial charge in [-0.05, 0) is 30.2 Å². The molecule has 2 aromatic carbocycles. The topological polar surface area (TPSA) is 41.1 Å². The van der Waals surface area contributed by atoms with E-state index in [2.05, 4.69) is 10.6 Å². The maximum atomic E-state index is 13.3. The van der Waals surface area contributed by atoms with Crippen LogP contribution in [-0.4, -0.2) is 12.6 Å². The molecule has 110 valence electrons. The van der Waals surface area contributed by atoms with Gasteiger partial charge in [-0.15, -0.1) is 0 Å². The first-order valence-corrected chi connectivity index (χ1v) is 6.67. The summed E-state index contributed by atoms with van der Waals surface area (Å²) in [6, 6.07) is 9.54. The van der Waals surface area contributed by atoms with Crippen LogP contribution >= 0.6 is 11.6 Å². The van der Waals surface area contributed by atoms with Crippen LogP contribution in [0.25, 0.3) is 0 Å². The van der Waals surface area contributed by atoms with Gasteiger partial charge in [-0.1, -0.05) is 29.8 Å². The van der Waals surface area contributed by atoms with Crippen LogP contribution in [0, 0.1) is 11.6 Å². The molecule has 2 amide bonds. The summed E-state index contributed by atoms with van der Waals surface area (Å²) in [7, 11) is 0. The predicted octanol–water partition coefficient (Wildman–Crippen LogP) is 3.98. The maximum Gasteiger partial charge on any atom is 0.319 e. The Balaban J connectivity index is 1.85. The Hall–Kier alpha value is -2.14. The van der Waals surface area contributed by atoms with Crippen molar-refractivity contribution in [1.82, 2.24) is 5.32 Å². The van der Waals surface area contributed by atoms with Gasteiger partial charge in [0.1, 0.15) is 11.6 Å². The number of rotatable bonds is 4. The zero-order chi connectivity index (χ0) is 15.2. The predicted molar refractivity (Wildman–Crippen MR) is 78.5 cm³/mol. The highest BCUT2D eigenvalue weighted by atomic mass is 35.5. The molecule has 0 aliphatic carbocycles. The highest BCUT2D eigenvalue weighted by molar-refractivity contribution is 6.31. The number of amides is 2. The lowest BCUT2D eigenvalue weighted by atomic mass is 10.1. The van der Waals surface area contributed by atoms with Crippen LogP contribution in [-0.2, 0) is 6.42 Å². The van der Waals surface area contributed by atoms with Crippen LogP contribution in [0.3, 0.4) is 0 Å². The van der Waals surface area contributed by atoms with E-state index < -0.39 is 17.7 Å². The Labute approximate surface area is 125 Å². The average molecular weight is 311 g/mol. The molecular formula is C15H13ClF2N2O. The van der Waals surface area contributed by atoms with E-state index in [9.17, 15) is 13.6 Å². The second-order valence-electron chi connectivity index (χ2n) is 4.35. The van der Waals surface area contributed by atoms with Gasteiger partial charge in [-0.3, -0.25) is 0 Å². The third kappa shape index (κ3) is 4.43. The molecule has 0 aliphatic rings. The molecule has 0 aromatic heterocycles. The highest BCUT2D eigenvalue weighted by Gasteiger charge is 2.08. The second kappa shape index (κ2) is 7.04.